The molecule has 1 rings (SSSR count). The summed E-state index contributed by atoms with van der Waals surface area (Å²) >= 11 is 0. The van der Waals surface area contributed by atoms with Crippen molar-refractivity contribution in [2.45, 2.75) is 31.9 Å². The lowest BCUT2D eigenvalue weighted by molar-refractivity contribution is -0.138. The zero-order valence-electron chi connectivity index (χ0n) is 10.1. The van der Waals surface area contributed by atoms with E-state index < -0.39 is 17.6 Å². The van der Waals surface area contributed by atoms with Crippen LogP contribution in [0.1, 0.15) is 30.9 Å². The Balaban J connectivity index is 3.11. The fourth-order valence-electron chi connectivity index (χ4n) is 1.85. The lowest BCUT2D eigenvalue weighted by Gasteiger charge is -2.19. The molecule has 1 atom stereocenters. The third-order valence-electron chi connectivity index (χ3n) is 2.58. The normalized spacial score (nSPS) is 13.4. The molecule has 0 aromatic heterocycles. The number of halogens is 1. The van der Waals surface area contributed by atoms with E-state index in [2.05, 4.69) is 0 Å². The van der Waals surface area contributed by atoms with E-state index in [0.717, 1.165) is 0 Å². The van der Waals surface area contributed by atoms with Gasteiger partial charge in [-0.15, -0.1) is 0 Å². The monoisotopic (exact) mass is 239 g/mol. The summed E-state index contributed by atoms with van der Waals surface area (Å²) in [4.78, 5) is 11.1. The Bertz CT molecular complexity index is 399. The molecule has 4 heteroatoms. The van der Waals surface area contributed by atoms with Crippen LogP contribution in [0.4, 0.5) is 4.39 Å². The van der Waals surface area contributed by atoms with Crippen LogP contribution in [0.3, 0.4) is 0 Å². The molecule has 0 bridgehead atoms. The van der Waals surface area contributed by atoms with Crippen LogP contribution in [0, 0.1) is 0 Å². The number of aliphatic carboxylic acids is 1. The van der Waals surface area contributed by atoms with Gasteiger partial charge in [0.05, 0.1) is 5.92 Å². The summed E-state index contributed by atoms with van der Waals surface area (Å²) in [6.07, 6.45) is 0.187. The van der Waals surface area contributed by atoms with Crippen molar-refractivity contribution in [2.75, 3.05) is 6.54 Å². The van der Waals surface area contributed by atoms with E-state index in [1.807, 2.05) is 0 Å². The van der Waals surface area contributed by atoms with Gasteiger partial charge in [-0.3, -0.25) is 4.79 Å². The van der Waals surface area contributed by atoms with E-state index in [-0.39, 0.29) is 13.0 Å². The molecule has 0 aliphatic heterocycles. The molecule has 0 amide bonds. The second kappa shape index (κ2) is 5.27. The van der Waals surface area contributed by atoms with Gasteiger partial charge < -0.3 is 10.8 Å². The maximum Gasteiger partial charge on any atom is 0.312 e. The molecule has 1 unspecified atom stereocenters. The van der Waals surface area contributed by atoms with Crippen molar-refractivity contribution in [3.8, 4) is 0 Å². The van der Waals surface area contributed by atoms with Crippen LogP contribution in [0.25, 0.3) is 0 Å². The number of carboxylic acid groups (broad SMARTS) is 1. The largest absolute Gasteiger partial charge is 0.481 e. The molecule has 3 N–H and O–H groups in total. The first kappa shape index (κ1) is 13.6. The van der Waals surface area contributed by atoms with Gasteiger partial charge in [0.1, 0.15) is 5.67 Å². The first-order valence-corrected chi connectivity index (χ1v) is 5.55. The topological polar surface area (TPSA) is 63.3 Å². The van der Waals surface area contributed by atoms with Gasteiger partial charge in [0.25, 0.3) is 0 Å². The highest BCUT2D eigenvalue weighted by atomic mass is 19.1. The Hall–Kier alpha value is -1.42. The molecule has 94 valence electrons. The zero-order chi connectivity index (χ0) is 13.1. The Kier molecular flexibility index (Phi) is 4.23. The summed E-state index contributed by atoms with van der Waals surface area (Å²) in [6, 6.07) is 6.98. The predicted octanol–water partition coefficient (Wildman–Crippen LogP) is 2.10. The number of hydrogen-bond donors (Lipinski definition) is 2. The second-order valence-electron chi connectivity index (χ2n) is 4.72. The summed E-state index contributed by atoms with van der Waals surface area (Å²) in [5.74, 6) is -1.75. The maximum absolute atomic E-state index is 13.6. The van der Waals surface area contributed by atoms with E-state index in [1.54, 1.807) is 24.3 Å². The number of rotatable bonds is 5. The summed E-state index contributed by atoms with van der Waals surface area (Å²) in [5.41, 5.74) is 5.41. The SMILES string of the molecule is CC(C)(F)Cc1ccccc1C(CN)C(=O)O. The van der Waals surface area contributed by atoms with Gasteiger partial charge in [0, 0.05) is 13.0 Å². The second-order valence-corrected chi connectivity index (χ2v) is 4.72. The molecule has 17 heavy (non-hydrogen) atoms. The maximum atomic E-state index is 13.6. The molecule has 0 heterocycles. The van der Waals surface area contributed by atoms with Crippen LogP contribution in [-0.4, -0.2) is 23.3 Å². The number of carboxylic acids is 1. The molecule has 0 aliphatic carbocycles. The summed E-state index contributed by atoms with van der Waals surface area (Å²) < 4.78 is 13.6. The summed E-state index contributed by atoms with van der Waals surface area (Å²) in [5, 5.41) is 9.08. The molecule has 0 aliphatic rings. The van der Waals surface area contributed by atoms with Crippen molar-refractivity contribution in [1.29, 1.82) is 0 Å². The van der Waals surface area contributed by atoms with Crippen molar-refractivity contribution in [3.05, 3.63) is 35.4 Å². The van der Waals surface area contributed by atoms with Gasteiger partial charge in [-0.25, -0.2) is 4.39 Å². The third-order valence-corrected chi connectivity index (χ3v) is 2.58. The van der Waals surface area contributed by atoms with Crippen LogP contribution >= 0.6 is 0 Å². The van der Waals surface area contributed by atoms with Crippen molar-refractivity contribution < 1.29 is 14.3 Å². The number of alkyl halides is 1. The van der Waals surface area contributed by atoms with E-state index in [1.165, 1.54) is 13.8 Å². The molecule has 0 fully saturated rings. The smallest absolute Gasteiger partial charge is 0.312 e. The first-order chi connectivity index (χ1) is 7.85. The van der Waals surface area contributed by atoms with E-state index in [0.29, 0.717) is 11.1 Å². The van der Waals surface area contributed by atoms with Crippen molar-refractivity contribution >= 4 is 5.97 Å². The molecule has 1 aromatic rings. The van der Waals surface area contributed by atoms with Gasteiger partial charge in [-0.1, -0.05) is 24.3 Å². The predicted molar refractivity (Wildman–Crippen MR) is 64.8 cm³/mol. The van der Waals surface area contributed by atoms with Crippen LogP contribution < -0.4 is 5.73 Å². The van der Waals surface area contributed by atoms with Crippen LogP contribution in [-0.2, 0) is 11.2 Å². The van der Waals surface area contributed by atoms with Crippen molar-refractivity contribution in [3.63, 3.8) is 0 Å². The lowest BCUT2D eigenvalue weighted by atomic mass is 9.89. The third kappa shape index (κ3) is 3.82. The molecule has 1 aromatic carbocycles. The molecular formula is C13H18FNO2. The van der Waals surface area contributed by atoms with Crippen LogP contribution in [0.5, 0.6) is 0 Å². The van der Waals surface area contributed by atoms with Crippen LogP contribution in [0.2, 0.25) is 0 Å². The minimum Gasteiger partial charge on any atom is -0.481 e. The Morgan fingerprint density at radius 1 is 1.47 bits per heavy atom. The van der Waals surface area contributed by atoms with Gasteiger partial charge >= 0.3 is 5.97 Å². The van der Waals surface area contributed by atoms with E-state index in [9.17, 15) is 9.18 Å². The summed E-state index contributed by atoms with van der Waals surface area (Å²) in [6.45, 7) is 2.96. The molecule has 0 saturated carbocycles. The first-order valence-electron chi connectivity index (χ1n) is 5.55. The number of nitrogens with two attached hydrogens (primary N) is 1. The molecular weight excluding hydrogens is 221 g/mol. The number of benzene rings is 1. The minimum atomic E-state index is -1.37. The average molecular weight is 239 g/mol. The number of hydrogen-bond acceptors (Lipinski definition) is 2. The Morgan fingerprint density at radius 3 is 2.53 bits per heavy atom. The van der Waals surface area contributed by atoms with Gasteiger partial charge in [0.15, 0.2) is 0 Å². The quantitative estimate of drug-likeness (QED) is 0.827. The standard InChI is InChI=1S/C13H18FNO2/c1-13(2,14)7-9-5-3-4-6-10(9)11(8-15)12(16)17/h3-6,11H,7-8,15H2,1-2H3,(H,16,17). The van der Waals surface area contributed by atoms with E-state index >= 15 is 0 Å². The highest BCUT2D eigenvalue weighted by molar-refractivity contribution is 5.77. The molecule has 0 saturated heterocycles. The fourth-order valence-corrected chi connectivity index (χ4v) is 1.85. The Labute approximate surface area is 100 Å². The molecule has 3 nitrogen and oxygen atoms in total. The number of carbonyl (C=O) groups is 1. The zero-order valence-corrected chi connectivity index (χ0v) is 10.1. The van der Waals surface area contributed by atoms with Gasteiger partial charge in [-0.2, -0.15) is 0 Å². The minimum absolute atomic E-state index is 0.0130. The van der Waals surface area contributed by atoms with Crippen LogP contribution in [0.15, 0.2) is 24.3 Å². The molecule has 0 radical (unpaired) electrons. The van der Waals surface area contributed by atoms with Gasteiger partial charge in [-0.05, 0) is 25.0 Å². The van der Waals surface area contributed by atoms with Gasteiger partial charge in [0.2, 0.25) is 0 Å². The average Bonchev–Trinajstić information content (AvgIpc) is 2.18. The molecule has 0 spiro atoms. The van der Waals surface area contributed by atoms with Crippen molar-refractivity contribution in [2.24, 2.45) is 5.73 Å². The summed E-state index contributed by atoms with van der Waals surface area (Å²) in [7, 11) is 0. The highest BCUT2D eigenvalue weighted by Gasteiger charge is 2.24. The van der Waals surface area contributed by atoms with E-state index in [4.69, 9.17) is 10.8 Å². The van der Waals surface area contributed by atoms with Crippen molar-refractivity contribution in [1.82, 2.24) is 0 Å². The highest BCUT2D eigenvalue weighted by Crippen LogP contribution is 2.25. The fraction of sp³-hybridized carbons (Fsp3) is 0.462. The lowest BCUT2D eigenvalue weighted by Crippen LogP contribution is -2.24. The Morgan fingerprint density at radius 2 is 2.06 bits per heavy atom.